The van der Waals surface area contributed by atoms with Crippen LogP contribution < -0.4 is 5.32 Å². The average Bonchev–Trinajstić information content (AvgIpc) is 2.72. The molecule has 2 unspecified atom stereocenters. The predicted octanol–water partition coefficient (Wildman–Crippen LogP) is 2.15. The smallest absolute Gasteiger partial charge is 0.189 e. The summed E-state index contributed by atoms with van der Waals surface area (Å²) in [5.41, 5.74) is 0.780. The van der Waals surface area contributed by atoms with E-state index in [9.17, 15) is 0 Å². The van der Waals surface area contributed by atoms with Gasteiger partial charge in [-0.1, -0.05) is 18.3 Å². The van der Waals surface area contributed by atoms with Crippen molar-refractivity contribution in [1.82, 2.24) is 20.3 Å². The molecule has 0 aromatic carbocycles. The maximum absolute atomic E-state index is 4.55. The lowest BCUT2D eigenvalue weighted by Gasteiger charge is -2.26. The summed E-state index contributed by atoms with van der Waals surface area (Å²) >= 11 is 1.66. The number of piperidine rings is 1. The largest absolute Gasteiger partial charge is 0.308 e. The lowest BCUT2D eigenvalue weighted by Crippen LogP contribution is -2.30. The monoisotopic (exact) mass is 234 g/mol. The summed E-state index contributed by atoms with van der Waals surface area (Å²) < 4.78 is 0. The molecule has 1 fully saturated rings. The molecule has 2 aromatic rings. The Bertz CT molecular complexity index is 462. The first-order chi connectivity index (χ1) is 7.83. The number of nitrogens with zero attached hydrogens (tertiary/aromatic N) is 3. The average molecular weight is 234 g/mol. The molecule has 3 rings (SSSR count). The SMILES string of the molecule is CC1CCNC(c2nc3nccnc3s2)C1. The highest BCUT2D eigenvalue weighted by molar-refractivity contribution is 7.18. The van der Waals surface area contributed by atoms with E-state index in [4.69, 9.17) is 0 Å². The lowest BCUT2D eigenvalue weighted by molar-refractivity contribution is 0.325. The van der Waals surface area contributed by atoms with Gasteiger partial charge in [0.25, 0.3) is 0 Å². The summed E-state index contributed by atoms with van der Waals surface area (Å²) in [6.07, 6.45) is 5.85. The number of fused-ring (bicyclic) bond motifs is 1. The van der Waals surface area contributed by atoms with Crippen LogP contribution in [0.4, 0.5) is 0 Å². The normalized spacial score (nSPS) is 26.1. The Morgan fingerprint density at radius 2 is 2.25 bits per heavy atom. The van der Waals surface area contributed by atoms with Crippen LogP contribution in [0.25, 0.3) is 10.5 Å². The summed E-state index contributed by atoms with van der Waals surface area (Å²) in [6, 6.07) is 0.393. The zero-order valence-corrected chi connectivity index (χ0v) is 10.00. The maximum atomic E-state index is 4.55. The van der Waals surface area contributed by atoms with Gasteiger partial charge in [-0.15, -0.1) is 0 Å². The molecule has 1 aliphatic heterocycles. The molecule has 0 amide bonds. The molecule has 0 aliphatic carbocycles. The van der Waals surface area contributed by atoms with E-state index in [2.05, 4.69) is 27.2 Å². The van der Waals surface area contributed by atoms with E-state index in [1.807, 2.05) is 0 Å². The lowest BCUT2D eigenvalue weighted by atomic mass is 9.95. The number of thiazole rings is 1. The molecule has 0 bridgehead atoms. The Balaban J connectivity index is 1.93. The van der Waals surface area contributed by atoms with Crippen molar-refractivity contribution in [2.45, 2.75) is 25.8 Å². The van der Waals surface area contributed by atoms with Crippen LogP contribution in [0.1, 0.15) is 30.8 Å². The zero-order chi connectivity index (χ0) is 11.0. The van der Waals surface area contributed by atoms with E-state index < -0.39 is 0 Å². The van der Waals surface area contributed by atoms with Crippen molar-refractivity contribution in [2.75, 3.05) is 6.54 Å². The minimum absolute atomic E-state index is 0.393. The van der Waals surface area contributed by atoms with Crippen LogP contribution >= 0.6 is 11.3 Å². The fourth-order valence-corrected chi connectivity index (χ4v) is 3.09. The van der Waals surface area contributed by atoms with Crippen molar-refractivity contribution >= 4 is 21.8 Å². The third-order valence-corrected chi connectivity index (χ3v) is 4.09. The van der Waals surface area contributed by atoms with Crippen LogP contribution in [0.5, 0.6) is 0 Å². The first-order valence-electron chi connectivity index (χ1n) is 5.64. The molecule has 2 aromatic heterocycles. The Morgan fingerprint density at radius 1 is 1.38 bits per heavy atom. The van der Waals surface area contributed by atoms with Crippen LogP contribution in [0.2, 0.25) is 0 Å². The number of nitrogens with one attached hydrogen (secondary N) is 1. The van der Waals surface area contributed by atoms with Gasteiger partial charge in [-0.25, -0.2) is 15.0 Å². The van der Waals surface area contributed by atoms with Crippen molar-refractivity contribution in [3.63, 3.8) is 0 Å². The van der Waals surface area contributed by atoms with Crippen LogP contribution in [0, 0.1) is 5.92 Å². The van der Waals surface area contributed by atoms with Crippen molar-refractivity contribution in [2.24, 2.45) is 5.92 Å². The summed E-state index contributed by atoms with van der Waals surface area (Å²) in [6.45, 7) is 3.39. The quantitative estimate of drug-likeness (QED) is 0.821. The highest BCUT2D eigenvalue weighted by Crippen LogP contribution is 2.30. The van der Waals surface area contributed by atoms with Gasteiger partial charge in [0.05, 0.1) is 6.04 Å². The third-order valence-electron chi connectivity index (χ3n) is 3.03. The fraction of sp³-hybridized carbons (Fsp3) is 0.545. The Kier molecular flexibility index (Phi) is 2.57. The predicted molar refractivity (Wildman–Crippen MR) is 64.4 cm³/mol. The van der Waals surface area contributed by atoms with Crippen molar-refractivity contribution in [3.05, 3.63) is 17.4 Å². The minimum atomic E-state index is 0.393. The Hall–Kier alpha value is -1.07. The molecule has 5 heteroatoms. The van der Waals surface area contributed by atoms with Crippen LogP contribution in [-0.4, -0.2) is 21.5 Å². The fourth-order valence-electron chi connectivity index (χ4n) is 2.14. The Morgan fingerprint density at radius 3 is 3.06 bits per heavy atom. The van der Waals surface area contributed by atoms with Gasteiger partial charge in [0, 0.05) is 12.4 Å². The standard InChI is InChI=1S/C11H14N4S/c1-7-2-3-12-8(6-7)10-15-9-11(16-10)14-5-4-13-9/h4-5,7-8,12H,2-3,6H2,1H3. The highest BCUT2D eigenvalue weighted by Gasteiger charge is 2.22. The second kappa shape index (κ2) is 4.07. The van der Waals surface area contributed by atoms with Crippen LogP contribution in [-0.2, 0) is 0 Å². The molecule has 1 aliphatic rings. The number of hydrogen-bond acceptors (Lipinski definition) is 5. The van der Waals surface area contributed by atoms with Gasteiger partial charge in [-0.3, -0.25) is 0 Å². The first kappa shape index (κ1) is 10.1. The highest BCUT2D eigenvalue weighted by atomic mass is 32.1. The van der Waals surface area contributed by atoms with Gasteiger partial charge in [0.15, 0.2) is 10.5 Å². The Labute approximate surface area is 98.1 Å². The van der Waals surface area contributed by atoms with Crippen LogP contribution in [0.15, 0.2) is 12.4 Å². The molecule has 3 heterocycles. The molecule has 0 radical (unpaired) electrons. The maximum Gasteiger partial charge on any atom is 0.189 e. The van der Waals surface area contributed by atoms with E-state index >= 15 is 0 Å². The summed E-state index contributed by atoms with van der Waals surface area (Å²) in [4.78, 5) is 14.0. The number of hydrogen-bond donors (Lipinski definition) is 1. The van der Waals surface area contributed by atoms with Gasteiger partial charge >= 0.3 is 0 Å². The molecule has 0 spiro atoms. The molecule has 2 atom stereocenters. The second-order valence-corrected chi connectivity index (χ2v) is 5.38. The molecule has 4 nitrogen and oxygen atoms in total. The third kappa shape index (κ3) is 1.81. The van der Waals surface area contributed by atoms with Gasteiger partial charge in [0.1, 0.15) is 5.01 Å². The topological polar surface area (TPSA) is 50.7 Å². The van der Waals surface area contributed by atoms with Crippen molar-refractivity contribution in [3.8, 4) is 0 Å². The van der Waals surface area contributed by atoms with Gasteiger partial charge < -0.3 is 5.32 Å². The summed E-state index contributed by atoms with van der Waals surface area (Å²) in [5, 5.41) is 4.65. The van der Waals surface area contributed by atoms with Crippen molar-refractivity contribution < 1.29 is 0 Å². The first-order valence-corrected chi connectivity index (χ1v) is 6.45. The molecule has 16 heavy (non-hydrogen) atoms. The van der Waals surface area contributed by atoms with E-state index in [1.165, 1.54) is 12.8 Å². The molecule has 84 valence electrons. The van der Waals surface area contributed by atoms with Gasteiger partial charge in [-0.2, -0.15) is 0 Å². The second-order valence-electron chi connectivity index (χ2n) is 4.37. The van der Waals surface area contributed by atoms with E-state index in [0.717, 1.165) is 27.9 Å². The summed E-state index contributed by atoms with van der Waals surface area (Å²) in [5.74, 6) is 0.777. The van der Waals surface area contributed by atoms with Gasteiger partial charge in [0.2, 0.25) is 0 Å². The minimum Gasteiger partial charge on any atom is -0.308 e. The zero-order valence-electron chi connectivity index (χ0n) is 9.18. The van der Waals surface area contributed by atoms with E-state index in [-0.39, 0.29) is 0 Å². The van der Waals surface area contributed by atoms with Gasteiger partial charge in [-0.05, 0) is 25.3 Å². The molecule has 1 saturated heterocycles. The molecule has 1 N–H and O–H groups in total. The van der Waals surface area contributed by atoms with Crippen molar-refractivity contribution in [1.29, 1.82) is 0 Å². The molecule has 0 saturated carbocycles. The van der Waals surface area contributed by atoms with E-state index in [0.29, 0.717) is 6.04 Å². The number of aromatic nitrogens is 3. The van der Waals surface area contributed by atoms with E-state index in [1.54, 1.807) is 23.7 Å². The summed E-state index contributed by atoms with van der Waals surface area (Å²) in [7, 11) is 0. The van der Waals surface area contributed by atoms with Crippen LogP contribution in [0.3, 0.4) is 0 Å². The molecular weight excluding hydrogens is 220 g/mol. The number of rotatable bonds is 1. The molecular formula is C11H14N4S.